The van der Waals surface area contributed by atoms with Crippen molar-refractivity contribution in [1.29, 1.82) is 0 Å². The monoisotopic (exact) mass is 228 g/mol. The highest BCUT2D eigenvalue weighted by Gasteiger charge is 2.39. The molecule has 0 heterocycles. The van der Waals surface area contributed by atoms with Gasteiger partial charge >= 0.3 is 11.9 Å². The Hall–Kier alpha value is -1.06. The van der Waals surface area contributed by atoms with Crippen molar-refractivity contribution in [2.75, 3.05) is 0 Å². The molecule has 1 aliphatic rings. The van der Waals surface area contributed by atoms with Crippen LogP contribution in [0.5, 0.6) is 0 Å². The maximum Gasteiger partial charge on any atom is 0.310 e. The Morgan fingerprint density at radius 3 is 1.69 bits per heavy atom. The molecule has 1 saturated carbocycles. The Bertz CT molecular complexity index is 250. The molecule has 16 heavy (non-hydrogen) atoms. The highest BCUT2D eigenvalue weighted by Crippen LogP contribution is 2.37. The lowest BCUT2D eigenvalue weighted by Gasteiger charge is -2.27. The van der Waals surface area contributed by atoms with Crippen molar-refractivity contribution in [2.45, 2.75) is 57.8 Å². The number of carboxylic acid groups (broad SMARTS) is 2. The van der Waals surface area contributed by atoms with E-state index in [4.69, 9.17) is 5.11 Å². The van der Waals surface area contributed by atoms with Crippen molar-refractivity contribution in [3.8, 4) is 0 Å². The molecular formula is C12H20O4. The summed E-state index contributed by atoms with van der Waals surface area (Å²) in [5, 5.41) is 18.1. The van der Waals surface area contributed by atoms with Crippen LogP contribution in [0.3, 0.4) is 0 Å². The lowest BCUT2D eigenvalue weighted by Crippen LogP contribution is -2.33. The highest BCUT2D eigenvalue weighted by atomic mass is 16.4. The van der Waals surface area contributed by atoms with Crippen LogP contribution < -0.4 is 0 Å². The Labute approximate surface area is 95.7 Å². The molecule has 0 aromatic heterocycles. The van der Waals surface area contributed by atoms with Gasteiger partial charge in [0.25, 0.3) is 0 Å². The number of hydrogen-bond donors (Lipinski definition) is 2. The number of aliphatic carboxylic acids is 2. The van der Waals surface area contributed by atoms with Crippen LogP contribution in [0.4, 0.5) is 0 Å². The van der Waals surface area contributed by atoms with Gasteiger partial charge in [-0.3, -0.25) is 9.59 Å². The van der Waals surface area contributed by atoms with Crippen LogP contribution in [0.2, 0.25) is 0 Å². The molecular weight excluding hydrogens is 208 g/mol. The fourth-order valence-corrected chi connectivity index (χ4v) is 2.51. The maximum atomic E-state index is 11.3. The van der Waals surface area contributed by atoms with Crippen molar-refractivity contribution >= 4 is 11.9 Å². The molecule has 0 aromatic carbocycles. The molecule has 0 atom stereocenters. The Morgan fingerprint density at radius 2 is 1.31 bits per heavy atom. The third-order valence-electron chi connectivity index (χ3n) is 3.50. The van der Waals surface area contributed by atoms with Crippen LogP contribution in [-0.2, 0) is 9.59 Å². The summed E-state index contributed by atoms with van der Waals surface area (Å²) in [7, 11) is 0. The minimum Gasteiger partial charge on any atom is -0.481 e. The molecule has 2 N–H and O–H groups in total. The summed E-state index contributed by atoms with van der Waals surface area (Å²) in [6.45, 7) is 0. The van der Waals surface area contributed by atoms with Crippen LogP contribution in [-0.4, -0.2) is 22.2 Å². The summed E-state index contributed by atoms with van der Waals surface area (Å²) in [5.41, 5.74) is -1.02. The summed E-state index contributed by atoms with van der Waals surface area (Å²) in [4.78, 5) is 22.1. The predicted molar refractivity (Wildman–Crippen MR) is 59.3 cm³/mol. The van der Waals surface area contributed by atoms with Crippen molar-refractivity contribution in [3.63, 3.8) is 0 Å². The summed E-state index contributed by atoms with van der Waals surface area (Å²) < 4.78 is 0. The number of carboxylic acids is 2. The molecule has 4 heteroatoms. The van der Waals surface area contributed by atoms with E-state index in [9.17, 15) is 14.7 Å². The van der Waals surface area contributed by atoms with E-state index < -0.39 is 17.4 Å². The molecule has 0 unspecified atom stereocenters. The lowest BCUT2D eigenvalue weighted by atomic mass is 9.76. The van der Waals surface area contributed by atoms with E-state index in [1.165, 1.54) is 0 Å². The second-order valence-corrected chi connectivity index (χ2v) is 4.78. The fraction of sp³-hybridized carbons (Fsp3) is 0.833. The first kappa shape index (κ1) is 13.0. The van der Waals surface area contributed by atoms with Gasteiger partial charge < -0.3 is 10.2 Å². The van der Waals surface area contributed by atoms with Crippen molar-refractivity contribution in [3.05, 3.63) is 0 Å². The van der Waals surface area contributed by atoms with Gasteiger partial charge in [0, 0.05) is 0 Å². The summed E-state index contributed by atoms with van der Waals surface area (Å²) in [5.74, 6) is -1.93. The Morgan fingerprint density at radius 1 is 0.875 bits per heavy atom. The van der Waals surface area contributed by atoms with E-state index in [0.29, 0.717) is 12.8 Å². The van der Waals surface area contributed by atoms with Crippen molar-refractivity contribution < 1.29 is 19.8 Å². The van der Waals surface area contributed by atoms with Crippen LogP contribution in [0.15, 0.2) is 0 Å². The van der Waals surface area contributed by atoms with Crippen LogP contribution >= 0.6 is 0 Å². The van der Waals surface area contributed by atoms with Gasteiger partial charge in [-0.15, -0.1) is 0 Å². The average molecular weight is 228 g/mol. The first-order valence-corrected chi connectivity index (χ1v) is 6.02. The molecule has 1 fully saturated rings. The fourth-order valence-electron chi connectivity index (χ4n) is 2.51. The lowest BCUT2D eigenvalue weighted by molar-refractivity contribution is -0.157. The third-order valence-corrected chi connectivity index (χ3v) is 3.50. The molecule has 0 radical (unpaired) electrons. The predicted octanol–water partition coefficient (Wildman–Crippen LogP) is 2.67. The van der Waals surface area contributed by atoms with Crippen molar-refractivity contribution in [1.82, 2.24) is 0 Å². The molecule has 0 spiro atoms. The number of carbonyl (C=O) groups is 2. The van der Waals surface area contributed by atoms with Gasteiger partial charge in [-0.2, -0.15) is 0 Å². The molecule has 92 valence electrons. The van der Waals surface area contributed by atoms with E-state index in [1.54, 1.807) is 0 Å². The standard InChI is InChI=1S/C12H20O4/c13-10(14)9-12(11(15)16)7-5-3-1-2-4-6-8-12/h1-9H2,(H,13,14)(H,15,16). The van der Waals surface area contributed by atoms with Gasteiger partial charge in [-0.25, -0.2) is 0 Å². The molecule has 4 nitrogen and oxygen atoms in total. The largest absolute Gasteiger partial charge is 0.481 e. The third kappa shape index (κ3) is 3.51. The Kier molecular flexibility index (Phi) is 4.77. The molecule has 0 bridgehead atoms. The average Bonchev–Trinajstić information content (AvgIpc) is 2.30. The van der Waals surface area contributed by atoms with Gasteiger partial charge in [0.15, 0.2) is 0 Å². The zero-order chi connectivity index (χ0) is 12.0. The van der Waals surface area contributed by atoms with Gasteiger partial charge in [-0.05, 0) is 12.8 Å². The molecule has 0 amide bonds. The molecule has 0 saturated heterocycles. The second-order valence-electron chi connectivity index (χ2n) is 4.78. The number of rotatable bonds is 3. The van der Waals surface area contributed by atoms with Gasteiger partial charge in [0.05, 0.1) is 11.8 Å². The minimum atomic E-state index is -1.02. The van der Waals surface area contributed by atoms with E-state index in [-0.39, 0.29) is 6.42 Å². The minimum absolute atomic E-state index is 0.234. The zero-order valence-electron chi connectivity index (χ0n) is 9.57. The van der Waals surface area contributed by atoms with Gasteiger partial charge in [-0.1, -0.05) is 38.5 Å². The van der Waals surface area contributed by atoms with Crippen LogP contribution in [0.25, 0.3) is 0 Å². The molecule has 0 aliphatic heterocycles. The van der Waals surface area contributed by atoms with Crippen LogP contribution in [0.1, 0.15) is 57.8 Å². The summed E-state index contributed by atoms with van der Waals surface area (Å²) in [6, 6.07) is 0. The van der Waals surface area contributed by atoms with Crippen molar-refractivity contribution in [2.24, 2.45) is 5.41 Å². The Balaban J connectivity index is 2.76. The van der Waals surface area contributed by atoms with E-state index in [1.807, 2.05) is 0 Å². The number of hydrogen-bond acceptors (Lipinski definition) is 2. The molecule has 0 aromatic rings. The van der Waals surface area contributed by atoms with Crippen LogP contribution in [0, 0.1) is 5.41 Å². The first-order chi connectivity index (χ1) is 7.57. The summed E-state index contributed by atoms with van der Waals surface area (Å²) >= 11 is 0. The van der Waals surface area contributed by atoms with Gasteiger partial charge in [0.1, 0.15) is 0 Å². The van der Waals surface area contributed by atoms with Gasteiger partial charge in [0.2, 0.25) is 0 Å². The summed E-state index contributed by atoms with van der Waals surface area (Å²) in [6.07, 6.45) is 6.78. The smallest absolute Gasteiger partial charge is 0.310 e. The SMILES string of the molecule is O=C(O)CC1(C(=O)O)CCCCCCCC1. The normalized spacial score (nSPS) is 21.5. The maximum absolute atomic E-state index is 11.3. The van der Waals surface area contributed by atoms with E-state index in [2.05, 4.69) is 0 Å². The first-order valence-electron chi connectivity index (χ1n) is 6.02. The topological polar surface area (TPSA) is 74.6 Å². The molecule has 1 aliphatic carbocycles. The molecule has 1 rings (SSSR count). The van der Waals surface area contributed by atoms with E-state index in [0.717, 1.165) is 38.5 Å². The quantitative estimate of drug-likeness (QED) is 0.778. The second kappa shape index (κ2) is 5.87. The van der Waals surface area contributed by atoms with E-state index >= 15 is 0 Å². The highest BCUT2D eigenvalue weighted by molar-refractivity contribution is 5.81. The zero-order valence-corrected chi connectivity index (χ0v) is 9.57.